The number of carboxylic acid groups (broad SMARTS) is 1. The maximum atomic E-state index is 10.6. The number of carbonyl (C=O) groups is 1. The molecule has 1 saturated carbocycles. The summed E-state index contributed by atoms with van der Waals surface area (Å²) in [6.45, 7) is 3.81. The van der Waals surface area contributed by atoms with Gasteiger partial charge in [0, 0.05) is 32.5 Å². The van der Waals surface area contributed by atoms with Crippen molar-refractivity contribution in [1.29, 1.82) is 0 Å². The van der Waals surface area contributed by atoms with Gasteiger partial charge in [-0.15, -0.1) is 0 Å². The van der Waals surface area contributed by atoms with Crippen LogP contribution in [0, 0.1) is 11.8 Å². The fourth-order valence-corrected chi connectivity index (χ4v) is 4.56. The molecule has 162 valence electrons. The predicted octanol–water partition coefficient (Wildman–Crippen LogP) is 3.91. The van der Waals surface area contributed by atoms with Crippen LogP contribution in [0.2, 0.25) is 0 Å². The van der Waals surface area contributed by atoms with Crippen LogP contribution < -0.4 is 0 Å². The molecule has 0 aromatic rings. The molecule has 6 nitrogen and oxygen atoms in total. The Morgan fingerprint density at radius 2 is 1.93 bits per heavy atom. The summed E-state index contributed by atoms with van der Waals surface area (Å²) >= 11 is 0. The third kappa shape index (κ3) is 7.14. The van der Waals surface area contributed by atoms with Crippen LogP contribution in [-0.2, 0) is 19.0 Å². The summed E-state index contributed by atoms with van der Waals surface area (Å²) in [6.07, 6.45) is 12.6. The van der Waals surface area contributed by atoms with Gasteiger partial charge in [0.25, 0.3) is 0 Å². The molecule has 1 saturated heterocycles. The summed E-state index contributed by atoms with van der Waals surface area (Å²) in [4.78, 5) is 10.6. The number of ether oxygens (including phenoxy) is 3. The van der Waals surface area contributed by atoms with Crippen molar-refractivity contribution in [2.24, 2.45) is 11.8 Å². The Hall–Kier alpha value is -0.950. The molecule has 1 aliphatic heterocycles. The minimum Gasteiger partial charge on any atom is -0.481 e. The highest BCUT2D eigenvalue weighted by Crippen LogP contribution is 2.49. The van der Waals surface area contributed by atoms with Gasteiger partial charge in [-0.25, -0.2) is 0 Å². The average molecular weight is 399 g/mol. The van der Waals surface area contributed by atoms with Gasteiger partial charge in [-0.3, -0.25) is 4.79 Å². The van der Waals surface area contributed by atoms with Crippen LogP contribution >= 0.6 is 0 Å². The molecule has 3 atom stereocenters. The van der Waals surface area contributed by atoms with E-state index >= 15 is 0 Å². The van der Waals surface area contributed by atoms with Crippen LogP contribution in [0.3, 0.4) is 0 Å². The summed E-state index contributed by atoms with van der Waals surface area (Å²) in [5.74, 6) is -0.547. The molecule has 1 spiro atoms. The molecule has 28 heavy (non-hydrogen) atoms. The SMILES string of the molecule is COCCCC(C)(O)C=CC1CCC2(OCCO2)C1CCCCCCC(=O)O. The van der Waals surface area contributed by atoms with E-state index in [9.17, 15) is 9.90 Å². The van der Waals surface area contributed by atoms with E-state index in [2.05, 4.69) is 6.08 Å². The smallest absolute Gasteiger partial charge is 0.303 e. The number of hydrogen-bond acceptors (Lipinski definition) is 5. The minimum atomic E-state index is -0.826. The van der Waals surface area contributed by atoms with E-state index < -0.39 is 17.4 Å². The van der Waals surface area contributed by atoms with Crippen LogP contribution in [0.5, 0.6) is 0 Å². The highest BCUT2D eigenvalue weighted by Gasteiger charge is 2.51. The molecular formula is C22H38O6. The molecule has 2 fully saturated rings. The summed E-state index contributed by atoms with van der Waals surface area (Å²) in [5.41, 5.74) is -0.826. The lowest BCUT2D eigenvalue weighted by Gasteiger charge is -2.32. The largest absolute Gasteiger partial charge is 0.481 e. The average Bonchev–Trinajstić information content (AvgIpc) is 3.24. The van der Waals surface area contributed by atoms with Crippen molar-refractivity contribution < 1.29 is 29.2 Å². The van der Waals surface area contributed by atoms with E-state index in [0.29, 0.717) is 38.1 Å². The van der Waals surface area contributed by atoms with E-state index in [0.717, 1.165) is 51.4 Å². The van der Waals surface area contributed by atoms with E-state index in [-0.39, 0.29) is 6.42 Å². The number of aliphatic carboxylic acids is 1. The molecular weight excluding hydrogens is 360 g/mol. The Labute approximate surface area is 169 Å². The zero-order valence-electron chi connectivity index (χ0n) is 17.5. The van der Waals surface area contributed by atoms with Crippen molar-refractivity contribution in [3.63, 3.8) is 0 Å². The fourth-order valence-electron chi connectivity index (χ4n) is 4.56. The van der Waals surface area contributed by atoms with Gasteiger partial charge in [0.1, 0.15) is 0 Å². The van der Waals surface area contributed by atoms with Crippen LogP contribution in [0.1, 0.15) is 71.1 Å². The monoisotopic (exact) mass is 398 g/mol. The molecule has 1 heterocycles. The minimum absolute atomic E-state index is 0.253. The Kier molecular flexibility index (Phi) is 9.41. The second-order valence-electron chi connectivity index (χ2n) is 8.48. The maximum absolute atomic E-state index is 10.6. The number of carboxylic acids is 1. The quantitative estimate of drug-likeness (QED) is 0.361. The number of methoxy groups -OCH3 is 1. The molecule has 2 N–H and O–H groups in total. The van der Waals surface area contributed by atoms with Gasteiger partial charge < -0.3 is 24.4 Å². The Balaban J connectivity index is 1.88. The maximum Gasteiger partial charge on any atom is 0.303 e. The van der Waals surface area contributed by atoms with Crippen LogP contribution in [0.15, 0.2) is 12.2 Å². The Morgan fingerprint density at radius 1 is 1.21 bits per heavy atom. The first-order chi connectivity index (χ1) is 13.4. The lowest BCUT2D eigenvalue weighted by molar-refractivity contribution is -0.186. The number of rotatable bonds is 13. The summed E-state index contributed by atoms with van der Waals surface area (Å²) in [5, 5.41) is 19.4. The third-order valence-corrected chi connectivity index (χ3v) is 6.07. The van der Waals surface area contributed by atoms with Crippen molar-refractivity contribution in [2.75, 3.05) is 26.9 Å². The molecule has 6 heteroatoms. The first-order valence-electron chi connectivity index (χ1n) is 10.8. The van der Waals surface area contributed by atoms with Gasteiger partial charge in [-0.2, -0.15) is 0 Å². The Morgan fingerprint density at radius 3 is 2.61 bits per heavy atom. The lowest BCUT2D eigenvalue weighted by Crippen LogP contribution is -2.36. The van der Waals surface area contributed by atoms with Gasteiger partial charge in [0.15, 0.2) is 5.79 Å². The normalized spacial score (nSPS) is 26.2. The van der Waals surface area contributed by atoms with Crippen molar-refractivity contribution in [2.45, 2.75) is 82.5 Å². The van der Waals surface area contributed by atoms with Gasteiger partial charge in [-0.05, 0) is 44.9 Å². The van der Waals surface area contributed by atoms with Gasteiger partial charge in [0.2, 0.25) is 0 Å². The molecule has 0 radical (unpaired) electrons. The zero-order chi connectivity index (χ0) is 20.5. The topological polar surface area (TPSA) is 85.2 Å². The standard InChI is InChI=1S/C22H38O6/c1-21(25,12-7-15-26-2)13-10-18-11-14-22(27-16-17-28-22)19(18)8-5-3-4-6-9-20(23)24/h10,13,18-19,25H,3-9,11-12,14-17H2,1-2H3,(H,23,24). The molecule has 2 rings (SSSR count). The van der Waals surface area contributed by atoms with E-state index in [1.165, 1.54) is 0 Å². The lowest BCUT2D eigenvalue weighted by atomic mass is 9.86. The molecule has 0 aromatic carbocycles. The Bertz CT molecular complexity index is 495. The molecule has 0 aromatic heterocycles. The number of unbranched alkanes of at least 4 members (excludes halogenated alkanes) is 3. The van der Waals surface area contributed by atoms with E-state index in [1.807, 2.05) is 13.0 Å². The van der Waals surface area contributed by atoms with Gasteiger partial charge >= 0.3 is 5.97 Å². The third-order valence-electron chi connectivity index (χ3n) is 6.07. The zero-order valence-corrected chi connectivity index (χ0v) is 17.5. The van der Waals surface area contributed by atoms with Crippen molar-refractivity contribution >= 4 is 5.97 Å². The number of aliphatic hydroxyl groups is 1. The highest BCUT2D eigenvalue weighted by atomic mass is 16.7. The fraction of sp³-hybridized carbons (Fsp3) is 0.864. The first kappa shape index (κ1) is 23.3. The molecule has 3 unspecified atom stereocenters. The highest BCUT2D eigenvalue weighted by molar-refractivity contribution is 5.66. The molecule has 2 aliphatic rings. The van der Waals surface area contributed by atoms with Crippen LogP contribution in [-0.4, -0.2) is 54.5 Å². The van der Waals surface area contributed by atoms with Gasteiger partial charge in [0.05, 0.1) is 18.8 Å². The van der Waals surface area contributed by atoms with Gasteiger partial charge in [-0.1, -0.05) is 31.4 Å². The predicted molar refractivity (Wildman–Crippen MR) is 107 cm³/mol. The first-order valence-corrected chi connectivity index (χ1v) is 10.8. The van der Waals surface area contributed by atoms with E-state index in [1.54, 1.807) is 7.11 Å². The molecule has 0 bridgehead atoms. The second kappa shape index (κ2) is 11.3. The molecule has 1 aliphatic carbocycles. The van der Waals surface area contributed by atoms with Crippen molar-refractivity contribution in [3.05, 3.63) is 12.2 Å². The number of hydrogen-bond donors (Lipinski definition) is 2. The number of allylic oxidation sites excluding steroid dienone is 1. The van der Waals surface area contributed by atoms with Crippen molar-refractivity contribution in [3.8, 4) is 0 Å². The molecule has 0 amide bonds. The van der Waals surface area contributed by atoms with Crippen molar-refractivity contribution in [1.82, 2.24) is 0 Å². The van der Waals surface area contributed by atoms with Crippen LogP contribution in [0.4, 0.5) is 0 Å². The summed E-state index contributed by atoms with van der Waals surface area (Å²) in [7, 11) is 1.68. The van der Waals surface area contributed by atoms with Crippen LogP contribution in [0.25, 0.3) is 0 Å². The summed E-state index contributed by atoms with van der Waals surface area (Å²) in [6, 6.07) is 0. The second-order valence-corrected chi connectivity index (χ2v) is 8.48. The van der Waals surface area contributed by atoms with E-state index in [4.69, 9.17) is 19.3 Å². The summed E-state index contributed by atoms with van der Waals surface area (Å²) < 4.78 is 17.2.